The summed E-state index contributed by atoms with van der Waals surface area (Å²) in [7, 11) is 0. The topological polar surface area (TPSA) is 23.1 Å². The molecule has 2 heteroatoms. The van der Waals surface area contributed by atoms with E-state index in [9.17, 15) is 5.11 Å². The van der Waals surface area contributed by atoms with Gasteiger partial charge in [0.1, 0.15) is 0 Å². The maximum atomic E-state index is 9.56. The van der Waals surface area contributed by atoms with Gasteiger partial charge in [-0.25, -0.2) is 0 Å². The zero-order chi connectivity index (χ0) is 4.99. The molecular weight excluding hydrogens is 99.0 g/mol. The summed E-state index contributed by atoms with van der Waals surface area (Å²) in [5.41, 5.74) is 0. The van der Waals surface area contributed by atoms with Gasteiger partial charge in [0.25, 0.3) is 0 Å². The Morgan fingerprint density at radius 2 is 1.86 bits per heavy atom. The van der Waals surface area contributed by atoms with Crippen LogP contribution in [0.3, 0.4) is 0 Å². The molecule has 7 heavy (non-hydrogen) atoms. The van der Waals surface area contributed by atoms with E-state index in [-0.39, 0.29) is 29.6 Å². The normalized spacial score (nSPS) is 9.57. The van der Waals surface area contributed by atoms with Crippen molar-refractivity contribution in [3.8, 4) is 0 Å². The van der Waals surface area contributed by atoms with Crippen molar-refractivity contribution in [2.45, 2.75) is 13.8 Å². The fourth-order valence-corrected chi connectivity index (χ4v) is 0.157. The average molecular weight is 108 g/mol. The zero-order valence-electron chi connectivity index (χ0n) is 5.14. The van der Waals surface area contributed by atoms with E-state index >= 15 is 0 Å². The molecule has 0 atom stereocenters. The van der Waals surface area contributed by atoms with E-state index in [0.717, 1.165) is 6.26 Å². The third-order valence-electron chi connectivity index (χ3n) is 0.463. The van der Waals surface area contributed by atoms with Crippen LogP contribution in [-0.2, 0) is 0 Å². The van der Waals surface area contributed by atoms with Crippen molar-refractivity contribution in [2.24, 2.45) is 5.92 Å². The first kappa shape index (κ1) is 10.5. The SMILES string of the molecule is CC(C)C=C[O-].[Na+]. The average Bonchev–Trinajstić information content (AvgIpc) is 1.35. The molecule has 0 heterocycles. The fourth-order valence-electron chi connectivity index (χ4n) is 0.157. The van der Waals surface area contributed by atoms with Crippen LogP contribution in [0.5, 0.6) is 0 Å². The Bertz CT molecular complexity index is 50.0. The second kappa shape index (κ2) is 6.54. The molecule has 0 bridgehead atoms. The first-order valence-electron chi connectivity index (χ1n) is 2.06. The van der Waals surface area contributed by atoms with Crippen molar-refractivity contribution < 1.29 is 34.7 Å². The summed E-state index contributed by atoms with van der Waals surface area (Å²) < 4.78 is 0. The van der Waals surface area contributed by atoms with Gasteiger partial charge in [-0.15, -0.1) is 0 Å². The van der Waals surface area contributed by atoms with E-state index in [0.29, 0.717) is 5.92 Å². The molecule has 0 aliphatic rings. The predicted molar refractivity (Wildman–Crippen MR) is 24.0 cm³/mol. The Balaban J connectivity index is 0. The molecule has 0 radical (unpaired) electrons. The summed E-state index contributed by atoms with van der Waals surface area (Å²) in [5, 5.41) is 9.56. The van der Waals surface area contributed by atoms with Crippen molar-refractivity contribution in [1.29, 1.82) is 0 Å². The Hall–Kier alpha value is 0.540. The molecule has 0 aromatic rings. The van der Waals surface area contributed by atoms with Gasteiger partial charge >= 0.3 is 29.6 Å². The quantitative estimate of drug-likeness (QED) is 0.269. The molecule has 0 fully saturated rings. The van der Waals surface area contributed by atoms with Crippen LogP contribution in [0.2, 0.25) is 0 Å². The molecule has 0 saturated heterocycles. The van der Waals surface area contributed by atoms with Gasteiger partial charge in [0.2, 0.25) is 0 Å². The van der Waals surface area contributed by atoms with Gasteiger partial charge in [-0.1, -0.05) is 19.9 Å². The summed E-state index contributed by atoms with van der Waals surface area (Å²) in [4.78, 5) is 0. The van der Waals surface area contributed by atoms with Crippen LogP contribution in [0, 0.1) is 5.92 Å². The molecule has 0 aliphatic carbocycles. The van der Waals surface area contributed by atoms with E-state index in [2.05, 4.69) is 0 Å². The standard InChI is InChI=1S/C5H10O.Na/c1-5(2)3-4-6;/h3-6H,1-2H3;/q;+1/p-1. The third-order valence-corrected chi connectivity index (χ3v) is 0.463. The van der Waals surface area contributed by atoms with Crippen molar-refractivity contribution in [1.82, 2.24) is 0 Å². The molecule has 0 amide bonds. The number of rotatable bonds is 1. The van der Waals surface area contributed by atoms with Crippen LogP contribution in [0.1, 0.15) is 13.8 Å². The molecule has 0 unspecified atom stereocenters. The molecule has 0 spiro atoms. The zero-order valence-corrected chi connectivity index (χ0v) is 7.14. The summed E-state index contributed by atoms with van der Waals surface area (Å²) in [6, 6.07) is 0. The summed E-state index contributed by atoms with van der Waals surface area (Å²) in [5.74, 6) is 0.405. The maximum Gasteiger partial charge on any atom is 1.00 e. The van der Waals surface area contributed by atoms with Crippen molar-refractivity contribution in [3.05, 3.63) is 12.3 Å². The van der Waals surface area contributed by atoms with Crippen LogP contribution < -0.4 is 34.7 Å². The van der Waals surface area contributed by atoms with Crippen LogP contribution in [0.25, 0.3) is 0 Å². The first-order valence-corrected chi connectivity index (χ1v) is 2.06. The summed E-state index contributed by atoms with van der Waals surface area (Å²) in [6.07, 6.45) is 2.44. The number of hydrogen-bond donors (Lipinski definition) is 0. The van der Waals surface area contributed by atoms with Crippen LogP contribution in [0.15, 0.2) is 12.3 Å². The summed E-state index contributed by atoms with van der Waals surface area (Å²) >= 11 is 0. The van der Waals surface area contributed by atoms with Gasteiger partial charge in [-0.05, 0) is 5.92 Å². The van der Waals surface area contributed by atoms with Crippen molar-refractivity contribution in [3.63, 3.8) is 0 Å². The van der Waals surface area contributed by atoms with Gasteiger partial charge in [0.15, 0.2) is 0 Å². The molecule has 0 saturated carbocycles. The van der Waals surface area contributed by atoms with E-state index < -0.39 is 0 Å². The minimum absolute atomic E-state index is 0. The van der Waals surface area contributed by atoms with Crippen molar-refractivity contribution >= 4 is 0 Å². The Kier molecular flexibility index (Phi) is 9.82. The minimum Gasteiger partial charge on any atom is -0.878 e. The van der Waals surface area contributed by atoms with Gasteiger partial charge in [-0.3, -0.25) is 0 Å². The molecule has 36 valence electrons. The number of allylic oxidation sites excluding steroid dienone is 1. The Labute approximate surface area is 66.7 Å². The Morgan fingerprint density at radius 1 is 1.43 bits per heavy atom. The second-order valence-electron chi connectivity index (χ2n) is 1.57. The molecule has 1 nitrogen and oxygen atoms in total. The van der Waals surface area contributed by atoms with E-state index in [1.165, 1.54) is 0 Å². The smallest absolute Gasteiger partial charge is 0.878 e. The van der Waals surface area contributed by atoms with Gasteiger partial charge in [-0.2, -0.15) is 6.26 Å². The van der Waals surface area contributed by atoms with Crippen molar-refractivity contribution in [2.75, 3.05) is 0 Å². The van der Waals surface area contributed by atoms with E-state index in [1.54, 1.807) is 6.08 Å². The molecule has 0 aliphatic heterocycles. The fraction of sp³-hybridized carbons (Fsp3) is 0.600. The van der Waals surface area contributed by atoms with Crippen LogP contribution in [-0.4, -0.2) is 0 Å². The monoisotopic (exact) mass is 108 g/mol. The minimum atomic E-state index is 0. The maximum absolute atomic E-state index is 9.56. The second-order valence-corrected chi connectivity index (χ2v) is 1.57. The largest absolute Gasteiger partial charge is 1.00 e. The predicted octanol–water partition coefficient (Wildman–Crippen LogP) is -2.48. The molecule has 0 aromatic heterocycles. The molecule has 0 N–H and O–H groups in total. The van der Waals surface area contributed by atoms with E-state index in [4.69, 9.17) is 0 Å². The number of hydrogen-bond acceptors (Lipinski definition) is 1. The van der Waals surface area contributed by atoms with Gasteiger partial charge < -0.3 is 5.11 Å². The Morgan fingerprint density at radius 3 is 1.86 bits per heavy atom. The third kappa shape index (κ3) is 10.8. The van der Waals surface area contributed by atoms with Crippen LogP contribution >= 0.6 is 0 Å². The first-order chi connectivity index (χ1) is 2.77. The van der Waals surface area contributed by atoms with Gasteiger partial charge in [0.05, 0.1) is 0 Å². The van der Waals surface area contributed by atoms with Crippen LogP contribution in [0.4, 0.5) is 0 Å². The summed E-state index contributed by atoms with van der Waals surface area (Å²) in [6.45, 7) is 3.93. The van der Waals surface area contributed by atoms with Gasteiger partial charge in [0, 0.05) is 0 Å². The molecule has 0 aromatic carbocycles. The molecule has 0 rings (SSSR count). The van der Waals surface area contributed by atoms with E-state index in [1.807, 2.05) is 13.8 Å². The molecular formula is C5H9NaO.